The Balaban J connectivity index is 1.69. The maximum absolute atomic E-state index is 14.1. The number of sulfonamides is 1. The lowest BCUT2D eigenvalue weighted by Crippen LogP contribution is -2.53. The lowest BCUT2D eigenvalue weighted by molar-refractivity contribution is -0.139. The number of halogens is 1. The van der Waals surface area contributed by atoms with Crippen LogP contribution in [0.4, 0.5) is 5.69 Å². The second kappa shape index (κ2) is 13.5. The molecule has 4 rings (SSSR count). The Morgan fingerprint density at radius 3 is 2.24 bits per heavy atom. The molecule has 0 saturated heterocycles. The van der Waals surface area contributed by atoms with Gasteiger partial charge in [-0.05, 0) is 75.1 Å². The highest BCUT2D eigenvalue weighted by atomic mass is 35.5. The smallest absolute Gasteiger partial charge is 0.264 e. The SMILES string of the molecule is Cc1ccc(S(=O)(=O)N(CC(=O)N(Cc2ccccc2)[C@@H](C)C(=O)NC2CCCCC2)c2ccc(Cl)cc2C)cc1. The first-order chi connectivity index (χ1) is 19.6. The van der Waals surface area contributed by atoms with E-state index in [1.165, 1.54) is 17.0 Å². The van der Waals surface area contributed by atoms with Gasteiger partial charge in [0.25, 0.3) is 10.0 Å². The van der Waals surface area contributed by atoms with Gasteiger partial charge in [-0.1, -0.05) is 78.9 Å². The van der Waals surface area contributed by atoms with Crippen LogP contribution < -0.4 is 9.62 Å². The number of amides is 2. The minimum atomic E-state index is -4.13. The largest absolute Gasteiger partial charge is 0.352 e. The van der Waals surface area contributed by atoms with Gasteiger partial charge in [-0.25, -0.2) is 8.42 Å². The van der Waals surface area contributed by atoms with Crippen LogP contribution in [0.5, 0.6) is 0 Å². The molecule has 1 N–H and O–H groups in total. The third-order valence-electron chi connectivity index (χ3n) is 7.63. The van der Waals surface area contributed by atoms with E-state index >= 15 is 0 Å². The highest BCUT2D eigenvalue weighted by Gasteiger charge is 2.33. The molecular formula is C32H38ClN3O4S. The number of hydrogen-bond donors (Lipinski definition) is 1. The van der Waals surface area contributed by atoms with Gasteiger partial charge in [-0.3, -0.25) is 13.9 Å². The molecule has 3 aromatic carbocycles. The van der Waals surface area contributed by atoms with E-state index < -0.39 is 28.5 Å². The van der Waals surface area contributed by atoms with E-state index in [1.807, 2.05) is 37.3 Å². The number of aryl methyl sites for hydroxylation is 2. The average Bonchev–Trinajstić information content (AvgIpc) is 2.96. The molecule has 0 radical (unpaired) electrons. The van der Waals surface area contributed by atoms with E-state index in [1.54, 1.807) is 44.2 Å². The minimum Gasteiger partial charge on any atom is -0.352 e. The summed E-state index contributed by atoms with van der Waals surface area (Å²) in [5, 5.41) is 3.58. The van der Waals surface area contributed by atoms with Crippen molar-refractivity contribution in [1.82, 2.24) is 10.2 Å². The van der Waals surface area contributed by atoms with Crippen molar-refractivity contribution >= 4 is 39.1 Å². The van der Waals surface area contributed by atoms with Crippen molar-refractivity contribution in [3.63, 3.8) is 0 Å². The molecule has 7 nitrogen and oxygen atoms in total. The predicted molar refractivity (Wildman–Crippen MR) is 163 cm³/mol. The summed E-state index contributed by atoms with van der Waals surface area (Å²) in [6.07, 6.45) is 5.14. The molecule has 0 spiro atoms. The number of benzene rings is 3. The summed E-state index contributed by atoms with van der Waals surface area (Å²) in [5.41, 5.74) is 2.72. The first-order valence-electron chi connectivity index (χ1n) is 14.1. The van der Waals surface area contributed by atoms with Crippen molar-refractivity contribution in [3.8, 4) is 0 Å². The van der Waals surface area contributed by atoms with Crippen LogP contribution in [0.15, 0.2) is 77.7 Å². The number of carbonyl (C=O) groups is 2. The van der Waals surface area contributed by atoms with Crippen molar-refractivity contribution in [2.45, 2.75) is 76.4 Å². The summed E-state index contributed by atoms with van der Waals surface area (Å²) in [7, 11) is -4.13. The zero-order valence-electron chi connectivity index (χ0n) is 23.8. The Morgan fingerprint density at radius 2 is 1.61 bits per heavy atom. The average molecular weight is 596 g/mol. The molecule has 3 aromatic rings. The summed E-state index contributed by atoms with van der Waals surface area (Å²) >= 11 is 6.19. The summed E-state index contributed by atoms with van der Waals surface area (Å²) in [4.78, 5) is 29.0. The predicted octanol–water partition coefficient (Wildman–Crippen LogP) is 6.02. The number of anilines is 1. The zero-order chi connectivity index (χ0) is 29.6. The fraction of sp³-hybridized carbons (Fsp3) is 0.375. The molecular weight excluding hydrogens is 558 g/mol. The van der Waals surface area contributed by atoms with Gasteiger partial charge in [0.05, 0.1) is 10.6 Å². The fourth-order valence-electron chi connectivity index (χ4n) is 5.18. The highest BCUT2D eigenvalue weighted by Crippen LogP contribution is 2.29. The van der Waals surface area contributed by atoms with Crippen molar-refractivity contribution in [2.75, 3.05) is 10.8 Å². The van der Waals surface area contributed by atoms with Crippen LogP contribution in [0.3, 0.4) is 0 Å². The summed E-state index contributed by atoms with van der Waals surface area (Å²) in [6, 6.07) is 20.1. The first kappa shape index (κ1) is 30.6. The molecule has 9 heteroatoms. The van der Waals surface area contributed by atoms with E-state index in [2.05, 4.69) is 5.32 Å². The molecule has 1 aliphatic rings. The molecule has 41 heavy (non-hydrogen) atoms. The summed E-state index contributed by atoms with van der Waals surface area (Å²) in [6.45, 7) is 5.02. The number of hydrogen-bond acceptors (Lipinski definition) is 4. The Kier molecular flexibility index (Phi) is 10.1. The van der Waals surface area contributed by atoms with Gasteiger partial charge in [-0.15, -0.1) is 0 Å². The quantitative estimate of drug-likeness (QED) is 0.311. The minimum absolute atomic E-state index is 0.0722. The highest BCUT2D eigenvalue weighted by molar-refractivity contribution is 7.92. The molecule has 1 saturated carbocycles. The second-order valence-corrected chi connectivity index (χ2v) is 13.1. The normalized spacial score (nSPS) is 14.7. The van der Waals surface area contributed by atoms with Crippen LogP contribution >= 0.6 is 11.6 Å². The molecule has 2 amide bonds. The molecule has 0 aromatic heterocycles. The van der Waals surface area contributed by atoms with Crippen LogP contribution in [0.25, 0.3) is 0 Å². The topological polar surface area (TPSA) is 86.8 Å². The van der Waals surface area contributed by atoms with Gasteiger partial charge in [-0.2, -0.15) is 0 Å². The Hall–Kier alpha value is -3.36. The number of nitrogens with zero attached hydrogens (tertiary/aromatic N) is 2. The number of rotatable bonds is 10. The zero-order valence-corrected chi connectivity index (χ0v) is 25.4. The van der Waals surface area contributed by atoms with Gasteiger partial charge in [0.1, 0.15) is 12.6 Å². The monoisotopic (exact) mass is 595 g/mol. The molecule has 0 unspecified atom stereocenters. The van der Waals surface area contributed by atoms with E-state index in [0.717, 1.165) is 47.5 Å². The number of carbonyl (C=O) groups excluding carboxylic acids is 2. The molecule has 1 aliphatic carbocycles. The molecule has 0 bridgehead atoms. The van der Waals surface area contributed by atoms with Crippen molar-refractivity contribution in [1.29, 1.82) is 0 Å². The molecule has 1 atom stereocenters. The summed E-state index contributed by atoms with van der Waals surface area (Å²) in [5.74, 6) is -0.720. The first-order valence-corrected chi connectivity index (χ1v) is 15.9. The molecule has 0 heterocycles. The Morgan fingerprint density at radius 1 is 0.951 bits per heavy atom. The van der Waals surface area contributed by atoms with E-state index in [9.17, 15) is 18.0 Å². The van der Waals surface area contributed by atoms with Crippen molar-refractivity contribution < 1.29 is 18.0 Å². The summed E-state index contributed by atoms with van der Waals surface area (Å²) < 4.78 is 29.1. The lowest BCUT2D eigenvalue weighted by atomic mass is 9.95. The lowest BCUT2D eigenvalue weighted by Gasteiger charge is -2.33. The fourth-order valence-corrected chi connectivity index (χ4v) is 6.89. The maximum atomic E-state index is 14.1. The van der Waals surface area contributed by atoms with Gasteiger partial charge in [0, 0.05) is 17.6 Å². The standard InChI is InChI=1S/C32H38ClN3O4S/c1-23-14-17-29(18-15-23)41(39,40)36(30-19-16-27(33)20-24(30)2)22-31(37)35(21-26-10-6-4-7-11-26)25(3)32(38)34-28-12-8-5-9-13-28/h4,6-7,10-11,14-20,25,28H,5,8-9,12-13,21-22H2,1-3H3,(H,34,38)/t25-/m0/s1. The van der Waals surface area contributed by atoms with Crippen LogP contribution in [0, 0.1) is 13.8 Å². The Labute approximate surface area is 248 Å². The maximum Gasteiger partial charge on any atom is 0.264 e. The second-order valence-electron chi connectivity index (χ2n) is 10.8. The molecule has 218 valence electrons. The number of nitrogens with one attached hydrogen (secondary N) is 1. The van der Waals surface area contributed by atoms with Crippen LogP contribution in [0.1, 0.15) is 55.7 Å². The van der Waals surface area contributed by atoms with E-state index in [4.69, 9.17) is 11.6 Å². The van der Waals surface area contributed by atoms with Crippen LogP contribution in [-0.4, -0.2) is 43.8 Å². The van der Waals surface area contributed by atoms with Crippen LogP contribution in [-0.2, 0) is 26.2 Å². The van der Waals surface area contributed by atoms with Crippen molar-refractivity contribution in [3.05, 3.63) is 94.5 Å². The third kappa shape index (κ3) is 7.68. The third-order valence-corrected chi connectivity index (χ3v) is 9.64. The Bertz CT molecular complexity index is 1460. The van der Waals surface area contributed by atoms with Gasteiger partial charge >= 0.3 is 0 Å². The van der Waals surface area contributed by atoms with Crippen molar-refractivity contribution in [2.24, 2.45) is 0 Å². The van der Waals surface area contributed by atoms with Gasteiger partial charge in [0.15, 0.2) is 0 Å². The van der Waals surface area contributed by atoms with E-state index in [-0.39, 0.29) is 23.4 Å². The van der Waals surface area contributed by atoms with Crippen LogP contribution in [0.2, 0.25) is 5.02 Å². The molecule has 1 fully saturated rings. The molecule has 0 aliphatic heterocycles. The van der Waals surface area contributed by atoms with Gasteiger partial charge in [0.2, 0.25) is 11.8 Å². The van der Waals surface area contributed by atoms with Gasteiger partial charge < -0.3 is 10.2 Å². The van der Waals surface area contributed by atoms with E-state index in [0.29, 0.717) is 16.3 Å².